The number of aromatic hydroxyl groups is 2. The second-order valence-corrected chi connectivity index (χ2v) is 5.78. The molecule has 1 aromatic rings. The molecule has 0 amide bonds. The first-order chi connectivity index (χ1) is 9.89. The lowest BCUT2D eigenvalue weighted by atomic mass is 9.68. The second kappa shape index (κ2) is 7.34. The summed E-state index contributed by atoms with van der Waals surface area (Å²) >= 11 is 0. The molecule has 4 heteroatoms. The van der Waals surface area contributed by atoms with Crippen LogP contribution in [0.5, 0.6) is 11.5 Å². The van der Waals surface area contributed by atoms with Gasteiger partial charge in [-0.2, -0.15) is 0 Å². The Balaban J connectivity index is 3.23. The minimum absolute atomic E-state index is 0.0887. The van der Waals surface area contributed by atoms with Gasteiger partial charge in [-0.3, -0.25) is 4.79 Å². The Labute approximate surface area is 126 Å². The van der Waals surface area contributed by atoms with E-state index in [1.54, 1.807) is 19.1 Å². The standard InChI is InChI=1S/C17H26O4/c1-4-6-7-9-12(5-2)17(3,16(20)21)13-10-8-11-14(18)15(13)19/h8,10-12,18-19H,4-7,9H2,1-3H3,(H,20,21). The summed E-state index contributed by atoms with van der Waals surface area (Å²) in [7, 11) is 0. The van der Waals surface area contributed by atoms with Crippen molar-refractivity contribution in [1.29, 1.82) is 0 Å². The molecule has 0 saturated carbocycles. The van der Waals surface area contributed by atoms with Crippen LogP contribution in [0.1, 0.15) is 58.4 Å². The summed E-state index contributed by atoms with van der Waals surface area (Å²) in [6.07, 6.45) is 4.62. The molecule has 0 heterocycles. The molecule has 2 atom stereocenters. The van der Waals surface area contributed by atoms with E-state index >= 15 is 0 Å². The monoisotopic (exact) mass is 294 g/mol. The number of carbonyl (C=O) groups is 1. The van der Waals surface area contributed by atoms with E-state index in [9.17, 15) is 20.1 Å². The van der Waals surface area contributed by atoms with Crippen LogP contribution in [-0.4, -0.2) is 21.3 Å². The highest BCUT2D eigenvalue weighted by molar-refractivity contribution is 5.83. The summed E-state index contributed by atoms with van der Waals surface area (Å²) in [5, 5.41) is 29.5. The summed E-state index contributed by atoms with van der Waals surface area (Å²) in [5.74, 6) is -1.65. The number of phenols is 2. The minimum atomic E-state index is -1.20. The van der Waals surface area contributed by atoms with Gasteiger partial charge in [0, 0.05) is 5.56 Å². The average Bonchev–Trinajstić information content (AvgIpc) is 2.45. The van der Waals surface area contributed by atoms with Gasteiger partial charge < -0.3 is 15.3 Å². The van der Waals surface area contributed by atoms with Gasteiger partial charge in [0.1, 0.15) is 0 Å². The number of aliphatic carboxylic acids is 1. The molecule has 2 unspecified atom stereocenters. The molecule has 0 bridgehead atoms. The summed E-state index contributed by atoms with van der Waals surface area (Å²) < 4.78 is 0. The molecule has 1 aromatic carbocycles. The topological polar surface area (TPSA) is 77.8 Å². The van der Waals surface area contributed by atoms with Crippen molar-refractivity contribution in [1.82, 2.24) is 0 Å². The van der Waals surface area contributed by atoms with Crippen LogP contribution in [0.2, 0.25) is 0 Å². The number of hydrogen-bond acceptors (Lipinski definition) is 3. The first kappa shape index (κ1) is 17.3. The van der Waals surface area contributed by atoms with Gasteiger partial charge in [-0.25, -0.2) is 0 Å². The molecule has 4 nitrogen and oxygen atoms in total. The molecule has 0 radical (unpaired) electrons. The van der Waals surface area contributed by atoms with Crippen molar-refractivity contribution in [2.75, 3.05) is 0 Å². The number of carboxylic acid groups (broad SMARTS) is 1. The first-order valence-electron chi connectivity index (χ1n) is 7.64. The molecule has 0 aliphatic rings. The van der Waals surface area contributed by atoms with Crippen LogP contribution in [0.15, 0.2) is 18.2 Å². The van der Waals surface area contributed by atoms with E-state index in [4.69, 9.17) is 0 Å². The maximum Gasteiger partial charge on any atom is 0.314 e. The van der Waals surface area contributed by atoms with E-state index in [-0.39, 0.29) is 17.4 Å². The Morgan fingerprint density at radius 1 is 1.24 bits per heavy atom. The summed E-state index contributed by atoms with van der Waals surface area (Å²) in [6, 6.07) is 4.52. The highest BCUT2D eigenvalue weighted by atomic mass is 16.4. The third-order valence-electron chi connectivity index (χ3n) is 4.48. The molecule has 1 rings (SSSR count). The quantitative estimate of drug-likeness (QED) is 0.499. The van der Waals surface area contributed by atoms with Gasteiger partial charge in [0.25, 0.3) is 0 Å². The van der Waals surface area contributed by atoms with E-state index in [1.807, 2.05) is 6.92 Å². The Morgan fingerprint density at radius 2 is 1.90 bits per heavy atom. The third-order valence-corrected chi connectivity index (χ3v) is 4.48. The second-order valence-electron chi connectivity index (χ2n) is 5.78. The Kier molecular flexibility index (Phi) is 6.06. The number of benzene rings is 1. The van der Waals surface area contributed by atoms with Gasteiger partial charge in [0.05, 0.1) is 5.41 Å². The summed E-state index contributed by atoms with van der Waals surface area (Å²) in [6.45, 7) is 5.72. The van der Waals surface area contributed by atoms with Crippen LogP contribution in [0.25, 0.3) is 0 Å². The molecule has 0 fully saturated rings. The van der Waals surface area contributed by atoms with E-state index in [0.717, 1.165) is 25.7 Å². The predicted octanol–water partition coefficient (Wildman–Crippen LogP) is 4.05. The molecule has 0 saturated heterocycles. The maximum absolute atomic E-state index is 11.9. The van der Waals surface area contributed by atoms with Crippen molar-refractivity contribution >= 4 is 5.97 Å². The number of phenolic OH excluding ortho intramolecular Hbond substituents is 2. The molecule has 118 valence electrons. The fourth-order valence-corrected chi connectivity index (χ4v) is 3.00. The van der Waals surface area contributed by atoms with Crippen LogP contribution in [0.4, 0.5) is 0 Å². The van der Waals surface area contributed by atoms with Crippen molar-refractivity contribution in [3.63, 3.8) is 0 Å². The molecule has 0 aromatic heterocycles. The Morgan fingerprint density at radius 3 is 2.43 bits per heavy atom. The maximum atomic E-state index is 11.9. The highest BCUT2D eigenvalue weighted by Crippen LogP contribution is 2.44. The van der Waals surface area contributed by atoms with Crippen molar-refractivity contribution < 1.29 is 20.1 Å². The molecular formula is C17H26O4. The van der Waals surface area contributed by atoms with Gasteiger partial charge >= 0.3 is 5.97 Å². The van der Waals surface area contributed by atoms with Gasteiger partial charge in [-0.15, -0.1) is 0 Å². The highest BCUT2D eigenvalue weighted by Gasteiger charge is 2.44. The van der Waals surface area contributed by atoms with E-state index in [1.165, 1.54) is 6.07 Å². The number of para-hydroxylation sites is 1. The van der Waals surface area contributed by atoms with Crippen molar-refractivity contribution in [3.8, 4) is 11.5 Å². The van der Waals surface area contributed by atoms with Crippen molar-refractivity contribution in [2.45, 2.75) is 58.3 Å². The predicted molar refractivity (Wildman–Crippen MR) is 82.7 cm³/mol. The van der Waals surface area contributed by atoms with E-state index in [0.29, 0.717) is 12.0 Å². The van der Waals surface area contributed by atoms with Crippen LogP contribution in [-0.2, 0) is 10.2 Å². The fourth-order valence-electron chi connectivity index (χ4n) is 3.00. The number of carboxylic acids is 1. The number of hydrogen-bond donors (Lipinski definition) is 3. The third kappa shape index (κ3) is 3.49. The van der Waals surface area contributed by atoms with Gasteiger partial charge in [-0.05, 0) is 25.3 Å². The smallest absolute Gasteiger partial charge is 0.314 e. The lowest BCUT2D eigenvalue weighted by Gasteiger charge is -2.34. The molecule has 0 aliphatic carbocycles. The lowest BCUT2D eigenvalue weighted by Crippen LogP contribution is -2.40. The molecule has 0 aliphatic heterocycles. The normalized spacial score (nSPS) is 15.4. The average molecular weight is 294 g/mol. The van der Waals surface area contributed by atoms with E-state index in [2.05, 4.69) is 6.92 Å². The van der Waals surface area contributed by atoms with Crippen LogP contribution in [0, 0.1) is 5.92 Å². The van der Waals surface area contributed by atoms with Gasteiger partial charge in [0.2, 0.25) is 0 Å². The van der Waals surface area contributed by atoms with Crippen LogP contribution < -0.4 is 0 Å². The Bertz CT molecular complexity index is 484. The molecule has 3 N–H and O–H groups in total. The zero-order chi connectivity index (χ0) is 16.0. The van der Waals surface area contributed by atoms with Crippen LogP contribution in [0.3, 0.4) is 0 Å². The van der Waals surface area contributed by atoms with Gasteiger partial charge in [0.15, 0.2) is 11.5 Å². The summed E-state index contributed by atoms with van der Waals surface area (Å²) in [4.78, 5) is 11.9. The van der Waals surface area contributed by atoms with Gasteiger partial charge in [-0.1, -0.05) is 51.7 Å². The zero-order valence-electron chi connectivity index (χ0n) is 13.1. The number of rotatable bonds is 8. The zero-order valence-corrected chi connectivity index (χ0v) is 13.1. The summed E-state index contributed by atoms with van der Waals surface area (Å²) in [5.41, 5.74) is -0.913. The molecular weight excluding hydrogens is 268 g/mol. The van der Waals surface area contributed by atoms with E-state index < -0.39 is 11.4 Å². The molecule has 0 spiro atoms. The minimum Gasteiger partial charge on any atom is -0.504 e. The van der Waals surface area contributed by atoms with Crippen molar-refractivity contribution in [2.24, 2.45) is 5.92 Å². The lowest BCUT2D eigenvalue weighted by molar-refractivity contribution is -0.145. The fraction of sp³-hybridized carbons (Fsp3) is 0.588. The Hall–Kier alpha value is -1.71. The van der Waals surface area contributed by atoms with Crippen molar-refractivity contribution in [3.05, 3.63) is 23.8 Å². The van der Waals surface area contributed by atoms with Crippen LogP contribution >= 0.6 is 0 Å². The first-order valence-corrected chi connectivity index (χ1v) is 7.64. The number of unbranched alkanes of at least 4 members (excludes halogenated alkanes) is 2. The molecule has 21 heavy (non-hydrogen) atoms. The SMILES string of the molecule is CCCCCC(CC)C(C)(C(=O)O)c1cccc(O)c1O. The largest absolute Gasteiger partial charge is 0.504 e.